The molecule has 4 heteroatoms. The summed E-state index contributed by atoms with van der Waals surface area (Å²) in [5.41, 5.74) is 6.39. The average molecular weight is 675 g/mol. The van der Waals surface area contributed by atoms with E-state index in [1.165, 1.54) is 48.7 Å². The van der Waals surface area contributed by atoms with Gasteiger partial charge in [-0.2, -0.15) is 0 Å². The van der Waals surface area contributed by atoms with Crippen LogP contribution in [0, 0.1) is 0 Å². The van der Waals surface area contributed by atoms with Gasteiger partial charge in [0, 0.05) is 33.2 Å². The van der Waals surface area contributed by atoms with Crippen molar-refractivity contribution in [3.05, 3.63) is 182 Å². The lowest BCUT2D eigenvalue weighted by molar-refractivity contribution is 1.07. The van der Waals surface area contributed by atoms with Crippen molar-refractivity contribution in [3.8, 4) is 39.9 Å². The summed E-state index contributed by atoms with van der Waals surface area (Å²) in [7, 11) is 0. The van der Waals surface area contributed by atoms with E-state index in [9.17, 15) is 0 Å². The molecule has 0 aliphatic carbocycles. The van der Waals surface area contributed by atoms with Gasteiger partial charge in [0.25, 0.3) is 0 Å². The summed E-state index contributed by atoms with van der Waals surface area (Å²) in [6.07, 6.45) is 0. The van der Waals surface area contributed by atoms with Crippen LogP contribution in [0.2, 0.25) is 0 Å². The third kappa shape index (κ3) is 4.80. The summed E-state index contributed by atoms with van der Waals surface area (Å²) in [5, 5.41) is 12.2. The molecule has 0 aliphatic rings. The standard InChI is InChI=1S/C49H30N4/c1-2-13-34(14-3-1)47-50-48(38-20-18-31-10-4-5-15-35(31)28-38)52-49(51-47)39-21-19-37-30-40(25-22-36(37)29-39)53-43-26-23-32-11-6-8-16-41(32)45(43)46-42-17-9-7-12-33(42)24-27-44(46)53/h1-30H. The molecule has 0 amide bonds. The molecule has 0 aliphatic heterocycles. The van der Waals surface area contributed by atoms with Crippen molar-refractivity contribution in [2.24, 2.45) is 0 Å². The van der Waals surface area contributed by atoms with Crippen LogP contribution in [0.4, 0.5) is 0 Å². The molecule has 0 atom stereocenters. The summed E-state index contributed by atoms with van der Waals surface area (Å²) in [5.74, 6) is 1.95. The highest BCUT2D eigenvalue weighted by molar-refractivity contribution is 6.28. The molecule has 2 aromatic heterocycles. The predicted octanol–water partition coefficient (Wildman–Crippen LogP) is 12.6. The fourth-order valence-corrected chi connectivity index (χ4v) is 8.02. The van der Waals surface area contributed by atoms with Gasteiger partial charge in [-0.05, 0) is 79.5 Å². The molecular formula is C49H30N4. The minimum absolute atomic E-state index is 0.647. The molecule has 0 unspecified atom stereocenters. The highest BCUT2D eigenvalue weighted by Gasteiger charge is 2.18. The SMILES string of the molecule is c1ccc(-c2nc(-c3ccc4ccccc4c3)nc(-c3ccc4cc(-n5c6ccc7ccccc7c6c6c7ccccc7ccc65)ccc4c3)n2)cc1. The zero-order valence-electron chi connectivity index (χ0n) is 28.6. The summed E-state index contributed by atoms with van der Waals surface area (Å²) >= 11 is 0. The van der Waals surface area contributed by atoms with Gasteiger partial charge < -0.3 is 4.57 Å². The summed E-state index contributed by atoms with van der Waals surface area (Å²) in [6.45, 7) is 0. The molecule has 0 bridgehead atoms. The number of aromatic nitrogens is 4. The number of fused-ring (bicyclic) bond motifs is 9. The molecule has 4 nitrogen and oxygen atoms in total. The number of benzene rings is 9. The minimum Gasteiger partial charge on any atom is -0.309 e. The largest absolute Gasteiger partial charge is 0.309 e. The van der Waals surface area contributed by atoms with E-state index in [-0.39, 0.29) is 0 Å². The lowest BCUT2D eigenvalue weighted by Gasteiger charge is -2.12. The number of hydrogen-bond donors (Lipinski definition) is 0. The Labute approximate surface area is 305 Å². The highest BCUT2D eigenvalue weighted by atomic mass is 15.0. The number of nitrogens with zero attached hydrogens (tertiary/aromatic N) is 4. The number of rotatable bonds is 4. The second-order valence-corrected chi connectivity index (χ2v) is 13.7. The lowest BCUT2D eigenvalue weighted by Crippen LogP contribution is -2.00. The monoisotopic (exact) mass is 674 g/mol. The molecule has 0 fully saturated rings. The Morgan fingerprint density at radius 1 is 0.302 bits per heavy atom. The molecule has 9 aromatic carbocycles. The van der Waals surface area contributed by atoms with Crippen molar-refractivity contribution >= 4 is 64.9 Å². The van der Waals surface area contributed by atoms with Crippen LogP contribution in [0.1, 0.15) is 0 Å². The second kappa shape index (κ2) is 11.7. The zero-order chi connectivity index (χ0) is 34.9. The highest BCUT2D eigenvalue weighted by Crippen LogP contribution is 2.41. The van der Waals surface area contributed by atoms with Gasteiger partial charge in [0.05, 0.1) is 11.0 Å². The quantitative estimate of drug-likeness (QED) is 0.187. The van der Waals surface area contributed by atoms with Crippen molar-refractivity contribution in [3.63, 3.8) is 0 Å². The van der Waals surface area contributed by atoms with E-state index in [0.717, 1.165) is 38.5 Å². The van der Waals surface area contributed by atoms with Crippen LogP contribution in [0.15, 0.2) is 182 Å². The van der Waals surface area contributed by atoms with Crippen molar-refractivity contribution in [2.45, 2.75) is 0 Å². The Kier molecular flexibility index (Phi) is 6.52. The summed E-state index contributed by atoms with van der Waals surface area (Å²) in [6, 6.07) is 64.6. The molecule has 246 valence electrons. The molecule has 53 heavy (non-hydrogen) atoms. The fraction of sp³-hybridized carbons (Fsp3) is 0. The van der Waals surface area contributed by atoms with Gasteiger partial charge in [-0.25, -0.2) is 15.0 Å². The lowest BCUT2D eigenvalue weighted by atomic mass is 10.00. The normalized spacial score (nSPS) is 11.8. The van der Waals surface area contributed by atoms with E-state index in [2.05, 4.69) is 156 Å². The maximum absolute atomic E-state index is 5.06. The summed E-state index contributed by atoms with van der Waals surface area (Å²) in [4.78, 5) is 15.1. The molecule has 11 rings (SSSR count). The van der Waals surface area contributed by atoms with Gasteiger partial charge in [0.15, 0.2) is 17.5 Å². The fourth-order valence-electron chi connectivity index (χ4n) is 8.02. The van der Waals surface area contributed by atoms with Crippen LogP contribution in [0.5, 0.6) is 0 Å². The maximum Gasteiger partial charge on any atom is 0.164 e. The van der Waals surface area contributed by atoms with Crippen LogP contribution < -0.4 is 0 Å². The molecule has 11 aromatic rings. The van der Waals surface area contributed by atoms with Gasteiger partial charge in [-0.3, -0.25) is 0 Å². The van der Waals surface area contributed by atoms with Gasteiger partial charge in [0.1, 0.15) is 0 Å². The van der Waals surface area contributed by atoms with Crippen LogP contribution in [-0.2, 0) is 0 Å². The Morgan fingerprint density at radius 2 is 0.736 bits per heavy atom. The summed E-state index contributed by atoms with van der Waals surface area (Å²) < 4.78 is 2.42. The maximum atomic E-state index is 5.06. The first kappa shape index (κ1) is 29.5. The van der Waals surface area contributed by atoms with E-state index in [1.807, 2.05) is 30.3 Å². The van der Waals surface area contributed by atoms with Crippen LogP contribution in [0.3, 0.4) is 0 Å². The molecule has 0 saturated heterocycles. The van der Waals surface area contributed by atoms with Crippen molar-refractivity contribution < 1.29 is 0 Å². The van der Waals surface area contributed by atoms with E-state index in [1.54, 1.807) is 0 Å². The van der Waals surface area contributed by atoms with Crippen molar-refractivity contribution in [1.82, 2.24) is 19.5 Å². The van der Waals surface area contributed by atoms with E-state index in [4.69, 9.17) is 15.0 Å². The van der Waals surface area contributed by atoms with E-state index < -0.39 is 0 Å². The van der Waals surface area contributed by atoms with Gasteiger partial charge in [0.2, 0.25) is 0 Å². The third-order valence-corrected chi connectivity index (χ3v) is 10.6. The first-order valence-corrected chi connectivity index (χ1v) is 17.9. The molecular weight excluding hydrogens is 645 g/mol. The Morgan fingerprint density at radius 3 is 1.36 bits per heavy atom. The van der Waals surface area contributed by atoms with Crippen LogP contribution in [-0.4, -0.2) is 19.5 Å². The first-order valence-electron chi connectivity index (χ1n) is 17.9. The van der Waals surface area contributed by atoms with Crippen molar-refractivity contribution in [2.75, 3.05) is 0 Å². The number of hydrogen-bond acceptors (Lipinski definition) is 3. The molecule has 0 saturated carbocycles. The Hall–Kier alpha value is -7.17. The predicted molar refractivity (Wildman–Crippen MR) is 220 cm³/mol. The Bertz CT molecular complexity index is 3140. The minimum atomic E-state index is 0.647. The average Bonchev–Trinajstić information content (AvgIpc) is 3.59. The smallest absolute Gasteiger partial charge is 0.164 e. The van der Waals surface area contributed by atoms with E-state index in [0.29, 0.717) is 17.5 Å². The first-order chi connectivity index (χ1) is 26.2. The van der Waals surface area contributed by atoms with Crippen LogP contribution >= 0.6 is 0 Å². The van der Waals surface area contributed by atoms with Gasteiger partial charge in [-0.15, -0.1) is 0 Å². The third-order valence-electron chi connectivity index (χ3n) is 10.6. The van der Waals surface area contributed by atoms with Gasteiger partial charge >= 0.3 is 0 Å². The zero-order valence-corrected chi connectivity index (χ0v) is 28.6. The van der Waals surface area contributed by atoms with E-state index >= 15 is 0 Å². The Balaban J connectivity index is 1.08. The van der Waals surface area contributed by atoms with Gasteiger partial charge in [-0.1, -0.05) is 146 Å². The molecule has 0 N–H and O–H groups in total. The molecule has 0 spiro atoms. The molecule has 2 heterocycles. The molecule has 0 radical (unpaired) electrons. The van der Waals surface area contributed by atoms with Crippen molar-refractivity contribution in [1.29, 1.82) is 0 Å². The van der Waals surface area contributed by atoms with Crippen LogP contribution in [0.25, 0.3) is 105 Å². The second-order valence-electron chi connectivity index (χ2n) is 13.7. The topological polar surface area (TPSA) is 43.6 Å².